The van der Waals surface area contributed by atoms with Crippen LogP contribution in [0.25, 0.3) is 10.9 Å². The highest BCUT2D eigenvalue weighted by Crippen LogP contribution is 2.23. The van der Waals surface area contributed by atoms with E-state index < -0.39 is 0 Å². The molecule has 0 saturated carbocycles. The lowest BCUT2D eigenvalue weighted by Crippen LogP contribution is -2.48. The zero-order valence-electron chi connectivity index (χ0n) is 15.0. The van der Waals surface area contributed by atoms with Gasteiger partial charge in [-0.15, -0.1) is 11.3 Å². The number of piperazine rings is 1. The Morgan fingerprint density at radius 2 is 1.96 bits per heavy atom. The molecule has 1 aliphatic heterocycles. The normalized spacial score (nSPS) is 15.3. The second kappa shape index (κ2) is 7.84. The fraction of sp³-hybridized carbons (Fsp3) is 0.300. The number of methoxy groups -OCH3 is 1. The summed E-state index contributed by atoms with van der Waals surface area (Å²) >= 11 is 7.62. The van der Waals surface area contributed by atoms with E-state index in [1.54, 1.807) is 24.5 Å². The van der Waals surface area contributed by atoms with Crippen molar-refractivity contribution < 1.29 is 9.53 Å². The Hall–Kier alpha value is -2.15. The molecule has 3 aromatic rings. The first kappa shape index (κ1) is 18.2. The lowest BCUT2D eigenvalue weighted by atomic mass is 10.1. The van der Waals surface area contributed by atoms with Gasteiger partial charge in [0, 0.05) is 43.0 Å². The molecule has 1 aromatic carbocycles. The molecule has 0 N–H and O–H groups in total. The number of rotatable bonds is 4. The lowest BCUT2D eigenvalue weighted by molar-refractivity contribution is 0.0624. The van der Waals surface area contributed by atoms with Gasteiger partial charge in [-0.1, -0.05) is 17.7 Å². The molecular weight excluding hydrogens is 382 g/mol. The van der Waals surface area contributed by atoms with Gasteiger partial charge in [0.15, 0.2) is 0 Å². The SMILES string of the molecule is COc1ccc2nc(C(=O)N3CCN(Cc4ccc(Cl)s4)CC3)ccc2c1. The summed E-state index contributed by atoms with van der Waals surface area (Å²) in [6.07, 6.45) is 0. The number of aromatic nitrogens is 1. The largest absolute Gasteiger partial charge is 0.497 e. The third kappa shape index (κ3) is 4.08. The molecule has 0 spiro atoms. The number of fused-ring (bicyclic) bond motifs is 1. The van der Waals surface area contributed by atoms with Crippen molar-refractivity contribution in [2.75, 3.05) is 33.3 Å². The molecular formula is C20H20ClN3O2S. The Labute approximate surface area is 167 Å². The van der Waals surface area contributed by atoms with Crippen LogP contribution in [0.5, 0.6) is 5.75 Å². The first-order valence-electron chi connectivity index (χ1n) is 8.83. The van der Waals surface area contributed by atoms with Crippen LogP contribution in [0.15, 0.2) is 42.5 Å². The molecule has 2 aromatic heterocycles. The van der Waals surface area contributed by atoms with Crippen LogP contribution in [-0.4, -0.2) is 54.0 Å². The van der Waals surface area contributed by atoms with Gasteiger partial charge in [-0.05, 0) is 36.4 Å². The van der Waals surface area contributed by atoms with Gasteiger partial charge < -0.3 is 9.64 Å². The van der Waals surface area contributed by atoms with Crippen LogP contribution in [0.3, 0.4) is 0 Å². The molecule has 3 heterocycles. The minimum Gasteiger partial charge on any atom is -0.497 e. The molecule has 1 aliphatic rings. The Balaban J connectivity index is 1.40. The summed E-state index contributed by atoms with van der Waals surface area (Å²) in [6.45, 7) is 4.01. The number of nitrogens with zero attached hydrogens (tertiary/aromatic N) is 3. The van der Waals surface area contributed by atoms with Gasteiger partial charge in [0.05, 0.1) is 17.0 Å². The number of amides is 1. The second-order valence-corrected chi connectivity index (χ2v) is 8.33. The summed E-state index contributed by atoms with van der Waals surface area (Å²) in [5, 5.41) is 0.963. The van der Waals surface area contributed by atoms with Crippen LogP contribution in [0.2, 0.25) is 4.34 Å². The first-order valence-corrected chi connectivity index (χ1v) is 10.0. The molecule has 5 nitrogen and oxygen atoms in total. The average molecular weight is 402 g/mol. The third-order valence-electron chi connectivity index (χ3n) is 4.78. The number of pyridine rings is 1. The fourth-order valence-corrected chi connectivity index (χ4v) is 4.41. The monoisotopic (exact) mass is 401 g/mol. The molecule has 7 heteroatoms. The minimum atomic E-state index is -0.00784. The van der Waals surface area contributed by atoms with Gasteiger partial charge in [0.25, 0.3) is 5.91 Å². The standard InChI is InChI=1S/C20H20ClN3O2S/c1-26-15-3-6-17-14(12-15)2-5-18(22-17)20(25)24-10-8-23(9-11-24)13-16-4-7-19(21)27-16/h2-7,12H,8-11,13H2,1H3. The highest BCUT2D eigenvalue weighted by atomic mass is 35.5. The molecule has 0 aliphatic carbocycles. The summed E-state index contributed by atoms with van der Waals surface area (Å²) in [6, 6.07) is 13.4. The van der Waals surface area contributed by atoms with E-state index in [0.717, 1.165) is 40.6 Å². The summed E-state index contributed by atoms with van der Waals surface area (Å²) in [5.41, 5.74) is 1.29. The number of carbonyl (C=O) groups is 1. The van der Waals surface area contributed by atoms with Crippen LogP contribution in [-0.2, 0) is 6.54 Å². The molecule has 0 atom stereocenters. The molecule has 0 unspecified atom stereocenters. The van der Waals surface area contributed by atoms with E-state index in [0.29, 0.717) is 18.8 Å². The number of thiophene rings is 1. The van der Waals surface area contributed by atoms with Crippen molar-refractivity contribution in [1.29, 1.82) is 0 Å². The van der Waals surface area contributed by atoms with Crippen molar-refractivity contribution in [3.05, 3.63) is 57.4 Å². The first-order chi connectivity index (χ1) is 13.1. The summed E-state index contributed by atoms with van der Waals surface area (Å²) in [4.78, 5) is 22.9. The Kier molecular flexibility index (Phi) is 5.29. The van der Waals surface area contributed by atoms with Crippen molar-refractivity contribution in [2.45, 2.75) is 6.54 Å². The predicted molar refractivity (Wildman–Crippen MR) is 109 cm³/mol. The summed E-state index contributed by atoms with van der Waals surface area (Å²) in [7, 11) is 1.64. The molecule has 0 radical (unpaired) electrons. The van der Waals surface area contributed by atoms with E-state index in [4.69, 9.17) is 16.3 Å². The van der Waals surface area contributed by atoms with E-state index in [-0.39, 0.29) is 5.91 Å². The van der Waals surface area contributed by atoms with Gasteiger partial charge in [-0.3, -0.25) is 9.69 Å². The van der Waals surface area contributed by atoms with Crippen molar-refractivity contribution in [3.63, 3.8) is 0 Å². The highest BCUT2D eigenvalue weighted by Gasteiger charge is 2.23. The van der Waals surface area contributed by atoms with Crippen molar-refractivity contribution >= 4 is 39.7 Å². The summed E-state index contributed by atoms with van der Waals surface area (Å²) in [5.74, 6) is 0.776. The molecule has 1 saturated heterocycles. The average Bonchev–Trinajstić information content (AvgIpc) is 3.11. The van der Waals surface area contributed by atoms with Gasteiger partial charge in [0.1, 0.15) is 11.4 Å². The maximum Gasteiger partial charge on any atom is 0.272 e. The van der Waals surface area contributed by atoms with Crippen molar-refractivity contribution in [2.24, 2.45) is 0 Å². The molecule has 1 fully saturated rings. The fourth-order valence-electron chi connectivity index (χ4n) is 3.28. The number of hydrogen-bond donors (Lipinski definition) is 0. The molecule has 1 amide bonds. The van der Waals surface area contributed by atoms with Gasteiger partial charge >= 0.3 is 0 Å². The smallest absolute Gasteiger partial charge is 0.272 e. The van der Waals surface area contributed by atoms with E-state index in [9.17, 15) is 4.79 Å². The topological polar surface area (TPSA) is 45.7 Å². The number of ether oxygens (including phenoxy) is 1. The lowest BCUT2D eigenvalue weighted by Gasteiger charge is -2.34. The van der Waals surface area contributed by atoms with Gasteiger partial charge in [-0.25, -0.2) is 4.98 Å². The highest BCUT2D eigenvalue weighted by molar-refractivity contribution is 7.16. The van der Waals surface area contributed by atoms with Crippen LogP contribution >= 0.6 is 22.9 Å². The van der Waals surface area contributed by atoms with E-state index >= 15 is 0 Å². The quantitative estimate of drug-likeness (QED) is 0.664. The Morgan fingerprint density at radius 1 is 1.15 bits per heavy atom. The van der Waals surface area contributed by atoms with E-state index in [1.165, 1.54) is 4.88 Å². The molecule has 0 bridgehead atoms. The predicted octanol–water partition coefficient (Wildman–Crippen LogP) is 3.92. The van der Waals surface area contributed by atoms with Crippen molar-refractivity contribution in [3.8, 4) is 5.75 Å². The van der Waals surface area contributed by atoms with Gasteiger partial charge in [0.2, 0.25) is 0 Å². The minimum absolute atomic E-state index is 0.00784. The van der Waals surface area contributed by atoms with Crippen LogP contribution < -0.4 is 4.74 Å². The third-order valence-corrected chi connectivity index (χ3v) is 6.00. The zero-order chi connectivity index (χ0) is 18.8. The molecule has 4 rings (SSSR count). The van der Waals surface area contributed by atoms with E-state index in [1.807, 2.05) is 35.2 Å². The van der Waals surface area contributed by atoms with E-state index in [2.05, 4.69) is 16.0 Å². The Morgan fingerprint density at radius 3 is 2.67 bits per heavy atom. The van der Waals surface area contributed by atoms with Gasteiger partial charge in [-0.2, -0.15) is 0 Å². The summed E-state index contributed by atoms with van der Waals surface area (Å²) < 4.78 is 6.05. The maximum atomic E-state index is 12.8. The van der Waals surface area contributed by atoms with Crippen LogP contribution in [0, 0.1) is 0 Å². The number of halogens is 1. The number of carbonyl (C=O) groups excluding carboxylic acids is 1. The Bertz CT molecular complexity index is 967. The molecule has 27 heavy (non-hydrogen) atoms. The second-order valence-electron chi connectivity index (χ2n) is 6.53. The number of hydrogen-bond acceptors (Lipinski definition) is 5. The zero-order valence-corrected chi connectivity index (χ0v) is 16.6. The molecule has 140 valence electrons. The van der Waals surface area contributed by atoms with Crippen molar-refractivity contribution in [1.82, 2.24) is 14.8 Å². The van der Waals surface area contributed by atoms with Crippen LogP contribution in [0.1, 0.15) is 15.4 Å². The van der Waals surface area contributed by atoms with Crippen LogP contribution in [0.4, 0.5) is 0 Å². The maximum absolute atomic E-state index is 12.8. The number of benzene rings is 1.